The molecule has 1 spiro atoms. The maximum atomic E-state index is 13.2. The first-order valence-corrected chi connectivity index (χ1v) is 11.1. The largest absolute Gasteiger partial charge is 0.441 e. The molecule has 0 saturated carbocycles. The third kappa shape index (κ3) is 3.97. The van der Waals surface area contributed by atoms with Gasteiger partial charge in [-0.15, -0.1) is 0 Å². The molecule has 0 aromatic heterocycles. The first-order chi connectivity index (χ1) is 13.8. The van der Waals surface area contributed by atoms with Crippen molar-refractivity contribution in [3.05, 3.63) is 59.4 Å². The maximum absolute atomic E-state index is 13.2. The van der Waals surface area contributed by atoms with Crippen molar-refractivity contribution < 1.29 is 22.3 Å². The van der Waals surface area contributed by atoms with E-state index in [1.54, 1.807) is 12.1 Å². The van der Waals surface area contributed by atoms with Gasteiger partial charge in [0.15, 0.2) is 0 Å². The van der Waals surface area contributed by atoms with Gasteiger partial charge in [-0.1, -0.05) is 11.6 Å². The van der Waals surface area contributed by atoms with Gasteiger partial charge in [0.2, 0.25) is 10.0 Å². The van der Waals surface area contributed by atoms with Crippen LogP contribution in [0.15, 0.2) is 53.4 Å². The summed E-state index contributed by atoms with van der Waals surface area (Å²) in [5, 5.41) is 0.470. The number of nitrogens with zero attached hydrogens (tertiary/aromatic N) is 2. The average Bonchev–Trinajstić information content (AvgIpc) is 2.87. The van der Waals surface area contributed by atoms with Crippen molar-refractivity contribution in [2.75, 3.05) is 24.5 Å². The Morgan fingerprint density at radius 2 is 1.69 bits per heavy atom. The van der Waals surface area contributed by atoms with Gasteiger partial charge in [-0.05, 0) is 61.4 Å². The van der Waals surface area contributed by atoms with Crippen LogP contribution in [-0.2, 0) is 14.8 Å². The molecule has 2 aromatic rings. The monoisotopic (exact) mass is 438 g/mol. The quantitative estimate of drug-likeness (QED) is 0.725. The van der Waals surface area contributed by atoms with Gasteiger partial charge in [-0.25, -0.2) is 17.6 Å². The minimum atomic E-state index is -3.65. The van der Waals surface area contributed by atoms with E-state index in [0.29, 0.717) is 43.1 Å². The van der Waals surface area contributed by atoms with Crippen molar-refractivity contribution in [3.63, 3.8) is 0 Å². The van der Waals surface area contributed by atoms with Gasteiger partial charge in [0.25, 0.3) is 0 Å². The molecule has 2 saturated heterocycles. The lowest BCUT2D eigenvalue weighted by molar-refractivity contribution is 0.0460. The Morgan fingerprint density at radius 1 is 1.00 bits per heavy atom. The van der Waals surface area contributed by atoms with Crippen LogP contribution in [0.2, 0.25) is 5.02 Å². The number of carbonyl (C=O) groups is 1. The Hall–Kier alpha value is -2.16. The highest BCUT2D eigenvalue weighted by Crippen LogP contribution is 2.36. The van der Waals surface area contributed by atoms with Crippen LogP contribution >= 0.6 is 11.6 Å². The SMILES string of the molecule is O=C1OC2(CCCN(S(=O)(=O)c3ccc(Cl)cc3)CC2)CN1c1ccc(F)cc1. The molecule has 1 amide bonds. The Bertz CT molecular complexity index is 1010. The summed E-state index contributed by atoms with van der Waals surface area (Å²) in [6.07, 6.45) is 1.02. The highest BCUT2D eigenvalue weighted by Gasteiger charge is 2.47. The molecule has 9 heteroatoms. The van der Waals surface area contributed by atoms with E-state index >= 15 is 0 Å². The molecule has 0 N–H and O–H groups in total. The van der Waals surface area contributed by atoms with E-state index in [2.05, 4.69) is 0 Å². The Morgan fingerprint density at radius 3 is 2.38 bits per heavy atom. The number of amides is 1. The predicted molar refractivity (Wildman–Crippen MR) is 107 cm³/mol. The molecule has 2 aromatic carbocycles. The molecule has 1 atom stereocenters. The number of ether oxygens (including phenoxy) is 1. The van der Waals surface area contributed by atoms with E-state index in [1.807, 2.05) is 0 Å². The first-order valence-electron chi connectivity index (χ1n) is 9.31. The summed E-state index contributed by atoms with van der Waals surface area (Å²) in [5.74, 6) is -0.381. The number of carbonyl (C=O) groups excluding carboxylic acids is 1. The molecule has 2 fully saturated rings. The van der Waals surface area contributed by atoms with Gasteiger partial charge < -0.3 is 4.74 Å². The molecule has 2 heterocycles. The van der Waals surface area contributed by atoms with Crippen LogP contribution in [0, 0.1) is 5.82 Å². The van der Waals surface area contributed by atoms with Crippen molar-refractivity contribution in [1.82, 2.24) is 4.31 Å². The van der Waals surface area contributed by atoms with E-state index in [1.165, 1.54) is 45.6 Å². The number of hydrogen-bond donors (Lipinski definition) is 0. The summed E-state index contributed by atoms with van der Waals surface area (Å²) in [7, 11) is -3.65. The van der Waals surface area contributed by atoms with Crippen LogP contribution in [0.3, 0.4) is 0 Å². The number of benzene rings is 2. The molecule has 4 rings (SSSR count). The Kier molecular flexibility index (Phi) is 5.27. The fourth-order valence-electron chi connectivity index (χ4n) is 3.84. The topological polar surface area (TPSA) is 66.9 Å². The fourth-order valence-corrected chi connectivity index (χ4v) is 5.45. The van der Waals surface area contributed by atoms with Crippen molar-refractivity contribution in [2.45, 2.75) is 29.8 Å². The second-order valence-corrected chi connectivity index (χ2v) is 9.70. The number of rotatable bonds is 3. The standard InChI is InChI=1S/C20H20ClFN2O4S/c21-15-2-8-18(9-3-15)29(26,27)23-12-1-10-20(11-13-23)14-24(19(25)28-20)17-6-4-16(22)5-7-17/h2-9H,1,10-14H2. The summed E-state index contributed by atoms with van der Waals surface area (Å²) >= 11 is 5.86. The van der Waals surface area contributed by atoms with E-state index in [4.69, 9.17) is 16.3 Å². The van der Waals surface area contributed by atoms with Crippen LogP contribution in [0.4, 0.5) is 14.9 Å². The van der Waals surface area contributed by atoms with Gasteiger partial charge in [0.1, 0.15) is 11.4 Å². The Balaban J connectivity index is 1.51. The molecule has 0 radical (unpaired) electrons. The van der Waals surface area contributed by atoms with E-state index in [9.17, 15) is 17.6 Å². The Labute approximate surface area is 173 Å². The number of halogens is 2. The summed E-state index contributed by atoms with van der Waals surface area (Å²) in [4.78, 5) is 14.1. The smallest absolute Gasteiger partial charge is 0.415 e. The molecule has 0 bridgehead atoms. The summed E-state index contributed by atoms with van der Waals surface area (Å²) in [5.41, 5.74) is -0.196. The lowest BCUT2D eigenvalue weighted by Gasteiger charge is -2.25. The number of hydrogen-bond acceptors (Lipinski definition) is 4. The zero-order valence-corrected chi connectivity index (χ0v) is 17.1. The minimum absolute atomic E-state index is 0.189. The van der Waals surface area contributed by atoms with Gasteiger partial charge in [0.05, 0.1) is 11.4 Å². The molecular formula is C20H20ClFN2O4S. The van der Waals surface area contributed by atoms with Crippen LogP contribution in [0.1, 0.15) is 19.3 Å². The van der Waals surface area contributed by atoms with Crippen molar-refractivity contribution in [1.29, 1.82) is 0 Å². The molecule has 1 unspecified atom stereocenters. The van der Waals surface area contributed by atoms with Crippen LogP contribution in [-0.4, -0.2) is 44.1 Å². The van der Waals surface area contributed by atoms with Crippen LogP contribution in [0.25, 0.3) is 0 Å². The molecule has 6 nitrogen and oxygen atoms in total. The van der Waals surface area contributed by atoms with Crippen molar-refractivity contribution in [3.8, 4) is 0 Å². The van der Waals surface area contributed by atoms with Gasteiger partial charge in [0, 0.05) is 30.2 Å². The van der Waals surface area contributed by atoms with Crippen LogP contribution < -0.4 is 4.90 Å². The zero-order chi connectivity index (χ0) is 20.6. The molecular weight excluding hydrogens is 419 g/mol. The number of anilines is 1. The molecule has 29 heavy (non-hydrogen) atoms. The minimum Gasteiger partial charge on any atom is -0.441 e. The normalized spacial score (nSPS) is 23.2. The predicted octanol–water partition coefficient (Wildman–Crippen LogP) is 4.05. The van der Waals surface area contributed by atoms with Crippen LogP contribution in [0.5, 0.6) is 0 Å². The van der Waals surface area contributed by atoms with E-state index in [-0.39, 0.29) is 17.3 Å². The number of sulfonamides is 1. The lowest BCUT2D eigenvalue weighted by atomic mass is 9.95. The van der Waals surface area contributed by atoms with Gasteiger partial charge in [-0.2, -0.15) is 4.31 Å². The summed E-state index contributed by atoms with van der Waals surface area (Å²) in [6, 6.07) is 11.7. The second-order valence-electron chi connectivity index (χ2n) is 7.33. The lowest BCUT2D eigenvalue weighted by Crippen LogP contribution is -2.37. The van der Waals surface area contributed by atoms with E-state index in [0.717, 1.165) is 0 Å². The molecule has 2 aliphatic rings. The first kappa shape index (κ1) is 20.1. The van der Waals surface area contributed by atoms with Gasteiger partial charge in [-0.3, -0.25) is 4.90 Å². The second kappa shape index (κ2) is 7.59. The summed E-state index contributed by atoms with van der Waals surface area (Å²) in [6.45, 7) is 0.905. The summed E-state index contributed by atoms with van der Waals surface area (Å²) < 4.78 is 46.3. The fraction of sp³-hybridized carbons (Fsp3) is 0.350. The highest BCUT2D eigenvalue weighted by atomic mass is 35.5. The van der Waals surface area contributed by atoms with E-state index < -0.39 is 21.7 Å². The maximum Gasteiger partial charge on any atom is 0.415 e. The van der Waals surface area contributed by atoms with Gasteiger partial charge >= 0.3 is 6.09 Å². The van der Waals surface area contributed by atoms with Crippen molar-refractivity contribution in [2.24, 2.45) is 0 Å². The third-order valence-electron chi connectivity index (χ3n) is 5.42. The molecule has 0 aliphatic carbocycles. The third-order valence-corrected chi connectivity index (χ3v) is 7.58. The van der Waals surface area contributed by atoms with Crippen molar-refractivity contribution >= 4 is 33.4 Å². The average molecular weight is 439 g/mol. The molecule has 154 valence electrons. The molecule has 2 aliphatic heterocycles. The zero-order valence-electron chi connectivity index (χ0n) is 15.6. The highest BCUT2D eigenvalue weighted by molar-refractivity contribution is 7.89.